The molecule has 3 rings (SSSR count). The standard InChI is InChI=1S/C14H12ClNO2S/c15-11-5-3-10(4-6-11)13(17)16-7-9-19-14(16)12-2-1-8-18-12/h1-6,8,14H,7,9H2. The molecule has 3 nitrogen and oxygen atoms in total. The summed E-state index contributed by atoms with van der Waals surface area (Å²) in [5, 5.41) is 0.605. The van der Waals surface area contributed by atoms with E-state index in [2.05, 4.69) is 0 Å². The van der Waals surface area contributed by atoms with Gasteiger partial charge in [-0.15, -0.1) is 11.8 Å². The summed E-state index contributed by atoms with van der Waals surface area (Å²) in [5.41, 5.74) is 0.656. The van der Waals surface area contributed by atoms with Gasteiger partial charge in [-0.1, -0.05) is 11.6 Å². The molecule has 0 spiro atoms. The van der Waals surface area contributed by atoms with Crippen LogP contribution in [-0.2, 0) is 0 Å². The zero-order valence-electron chi connectivity index (χ0n) is 10.1. The summed E-state index contributed by atoms with van der Waals surface area (Å²) in [6, 6.07) is 10.7. The summed E-state index contributed by atoms with van der Waals surface area (Å²) in [6.45, 7) is 0.734. The molecule has 2 heterocycles. The van der Waals surface area contributed by atoms with Gasteiger partial charge < -0.3 is 9.32 Å². The highest BCUT2D eigenvalue weighted by molar-refractivity contribution is 7.99. The van der Waals surface area contributed by atoms with Crippen LogP contribution in [0, 0.1) is 0 Å². The van der Waals surface area contributed by atoms with Gasteiger partial charge in [0.1, 0.15) is 11.1 Å². The van der Waals surface area contributed by atoms with Gasteiger partial charge in [-0.05, 0) is 36.4 Å². The lowest BCUT2D eigenvalue weighted by Gasteiger charge is -2.22. The van der Waals surface area contributed by atoms with E-state index < -0.39 is 0 Å². The number of nitrogens with zero attached hydrogens (tertiary/aromatic N) is 1. The first kappa shape index (κ1) is 12.6. The van der Waals surface area contributed by atoms with Crippen molar-refractivity contribution in [2.75, 3.05) is 12.3 Å². The summed E-state index contributed by atoms with van der Waals surface area (Å²) in [7, 11) is 0. The number of hydrogen-bond donors (Lipinski definition) is 0. The second kappa shape index (κ2) is 5.31. The Bertz CT molecular complexity index is 568. The van der Waals surface area contributed by atoms with Gasteiger partial charge in [0.15, 0.2) is 0 Å². The molecule has 1 saturated heterocycles. The third-order valence-electron chi connectivity index (χ3n) is 3.03. The first-order chi connectivity index (χ1) is 9.25. The zero-order valence-corrected chi connectivity index (χ0v) is 11.7. The number of carbonyl (C=O) groups excluding carboxylic acids is 1. The number of thioether (sulfide) groups is 1. The van der Waals surface area contributed by atoms with Gasteiger partial charge >= 0.3 is 0 Å². The van der Waals surface area contributed by atoms with E-state index in [0.717, 1.165) is 18.1 Å². The lowest BCUT2D eigenvalue weighted by Crippen LogP contribution is -2.30. The van der Waals surface area contributed by atoms with Crippen LogP contribution in [-0.4, -0.2) is 23.1 Å². The van der Waals surface area contributed by atoms with Gasteiger partial charge in [0.05, 0.1) is 6.26 Å². The third kappa shape index (κ3) is 2.51. The van der Waals surface area contributed by atoms with E-state index in [1.807, 2.05) is 17.0 Å². The smallest absolute Gasteiger partial charge is 0.255 e. The fraction of sp³-hybridized carbons (Fsp3) is 0.214. The number of rotatable bonds is 2. The number of furan rings is 1. The maximum atomic E-state index is 12.5. The first-order valence-electron chi connectivity index (χ1n) is 5.97. The van der Waals surface area contributed by atoms with Crippen molar-refractivity contribution < 1.29 is 9.21 Å². The van der Waals surface area contributed by atoms with Gasteiger partial charge in [-0.2, -0.15) is 0 Å². The monoisotopic (exact) mass is 293 g/mol. The Balaban J connectivity index is 1.84. The van der Waals surface area contributed by atoms with Crippen LogP contribution < -0.4 is 0 Å². The third-order valence-corrected chi connectivity index (χ3v) is 4.50. The van der Waals surface area contributed by atoms with Crippen molar-refractivity contribution in [3.63, 3.8) is 0 Å². The van der Waals surface area contributed by atoms with E-state index in [4.69, 9.17) is 16.0 Å². The molecule has 1 aliphatic rings. The molecule has 0 saturated carbocycles. The quantitative estimate of drug-likeness (QED) is 0.844. The second-order valence-corrected chi connectivity index (χ2v) is 5.87. The summed E-state index contributed by atoms with van der Waals surface area (Å²) in [4.78, 5) is 14.3. The average molecular weight is 294 g/mol. The van der Waals surface area contributed by atoms with E-state index in [1.54, 1.807) is 42.3 Å². The van der Waals surface area contributed by atoms with Crippen molar-refractivity contribution in [1.82, 2.24) is 4.90 Å². The van der Waals surface area contributed by atoms with E-state index in [0.29, 0.717) is 10.6 Å². The van der Waals surface area contributed by atoms with Gasteiger partial charge in [-0.3, -0.25) is 4.79 Å². The SMILES string of the molecule is O=C(c1ccc(Cl)cc1)N1CCSC1c1ccco1. The fourth-order valence-electron chi connectivity index (χ4n) is 2.10. The predicted molar refractivity (Wildman–Crippen MR) is 76.4 cm³/mol. The first-order valence-corrected chi connectivity index (χ1v) is 7.40. The molecule has 0 N–H and O–H groups in total. The molecule has 0 radical (unpaired) electrons. The lowest BCUT2D eigenvalue weighted by molar-refractivity contribution is 0.0749. The Labute approximate surface area is 120 Å². The minimum Gasteiger partial charge on any atom is -0.466 e. The minimum atomic E-state index is -0.0295. The largest absolute Gasteiger partial charge is 0.466 e. The average Bonchev–Trinajstić information content (AvgIpc) is 3.09. The van der Waals surface area contributed by atoms with Crippen LogP contribution in [0.5, 0.6) is 0 Å². The number of carbonyl (C=O) groups is 1. The Kier molecular flexibility index (Phi) is 3.53. The van der Waals surface area contributed by atoms with E-state index in [1.165, 1.54) is 0 Å². The fourth-order valence-corrected chi connectivity index (χ4v) is 3.43. The molecule has 5 heteroatoms. The lowest BCUT2D eigenvalue weighted by atomic mass is 10.2. The second-order valence-electron chi connectivity index (χ2n) is 4.24. The van der Waals surface area contributed by atoms with Gasteiger partial charge in [-0.25, -0.2) is 0 Å². The van der Waals surface area contributed by atoms with Crippen molar-refractivity contribution in [2.45, 2.75) is 5.37 Å². The predicted octanol–water partition coefficient (Wildman–Crippen LogP) is 3.82. The topological polar surface area (TPSA) is 33.5 Å². The van der Waals surface area contributed by atoms with Crippen molar-refractivity contribution in [2.24, 2.45) is 0 Å². The van der Waals surface area contributed by atoms with Gasteiger partial charge in [0.25, 0.3) is 5.91 Å². The number of benzene rings is 1. The number of halogens is 1. The molecule has 1 amide bonds. The highest BCUT2D eigenvalue weighted by atomic mass is 35.5. The maximum Gasteiger partial charge on any atom is 0.255 e. The maximum absolute atomic E-state index is 12.5. The van der Waals surface area contributed by atoms with Crippen LogP contribution in [0.1, 0.15) is 21.5 Å². The summed E-state index contributed by atoms with van der Waals surface area (Å²) in [5.74, 6) is 1.76. The van der Waals surface area contributed by atoms with Crippen LogP contribution in [0.3, 0.4) is 0 Å². The molecular formula is C14H12ClNO2S. The van der Waals surface area contributed by atoms with Crippen molar-refractivity contribution in [1.29, 1.82) is 0 Å². The Morgan fingerprint density at radius 3 is 2.79 bits per heavy atom. The Hall–Kier alpha value is -1.39. The number of hydrogen-bond acceptors (Lipinski definition) is 3. The molecule has 1 atom stereocenters. The van der Waals surface area contributed by atoms with E-state index in [-0.39, 0.29) is 11.3 Å². The highest BCUT2D eigenvalue weighted by Crippen LogP contribution is 2.38. The van der Waals surface area contributed by atoms with E-state index in [9.17, 15) is 4.79 Å². The van der Waals surface area contributed by atoms with Crippen molar-refractivity contribution >= 4 is 29.3 Å². The van der Waals surface area contributed by atoms with Crippen LogP contribution in [0.15, 0.2) is 47.1 Å². The van der Waals surface area contributed by atoms with Crippen LogP contribution in [0.25, 0.3) is 0 Å². The summed E-state index contributed by atoms with van der Waals surface area (Å²) in [6.07, 6.45) is 1.64. The summed E-state index contributed by atoms with van der Waals surface area (Å²) >= 11 is 7.56. The Morgan fingerprint density at radius 2 is 2.11 bits per heavy atom. The molecule has 1 fully saturated rings. The van der Waals surface area contributed by atoms with Gasteiger partial charge in [0.2, 0.25) is 0 Å². The molecule has 1 aromatic carbocycles. The highest BCUT2D eigenvalue weighted by Gasteiger charge is 2.32. The molecule has 19 heavy (non-hydrogen) atoms. The Morgan fingerprint density at radius 1 is 1.32 bits per heavy atom. The van der Waals surface area contributed by atoms with E-state index >= 15 is 0 Å². The molecule has 1 unspecified atom stereocenters. The van der Waals surface area contributed by atoms with Crippen LogP contribution >= 0.6 is 23.4 Å². The molecule has 0 aliphatic carbocycles. The van der Waals surface area contributed by atoms with Gasteiger partial charge in [0, 0.05) is 22.9 Å². The van der Waals surface area contributed by atoms with Crippen molar-refractivity contribution in [3.05, 3.63) is 59.0 Å². The summed E-state index contributed by atoms with van der Waals surface area (Å²) < 4.78 is 5.42. The molecular weight excluding hydrogens is 282 g/mol. The molecule has 98 valence electrons. The van der Waals surface area contributed by atoms with Crippen LogP contribution in [0.2, 0.25) is 5.02 Å². The van der Waals surface area contributed by atoms with Crippen LogP contribution in [0.4, 0.5) is 0 Å². The molecule has 1 aliphatic heterocycles. The molecule has 2 aromatic rings. The minimum absolute atomic E-state index is 0.0167. The number of amides is 1. The molecule has 1 aromatic heterocycles. The van der Waals surface area contributed by atoms with Crippen molar-refractivity contribution in [3.8, 4) is 0 Å². The normalized spacial score (nSPS) is 18.8. The molecule has 0 bridgehead atoms. The zero-order chi connectivity index (χ0) is 13.2.